The van der Waals surface area contributed by atoms with Crippen LogP contribution in [0.5, 0.6) is 0 Å². The van der Waals surface area contributed by atoms with Gasteiger partial charge in [0.2, 0.25) is 5.91 Å². The number of aromatic nitrogens is 1. The van der Waals surface area contributed by atoms with Crippen molar-refractivity contribution in [2.45, 2.75) is 31.8 Å². The SMILES string of the molecule is O=C1CCCN1CC[C@H]1CN(C(=O)COCc2cccnc2)c2ccccc21. The Morgan fingerprint density at radius 1 is 1.21 bits per heavy atom. The fourth-order valence-electron chi connectivity index (χ4n) is 4.05. The Bertz CT molecular complexity index is 840. The van der Waals surface area contributed by atoms with E-state index in [1.807, 2.05) is 40.1 Å². The number of anilines is 1. The van der Waals surface area contributed by atoms with Crippen molar-refractivity contribution in [2.24, 2.45) is 0 Å². The van der Waals surface area contributed by atoms with Gasteiger partial charge in [-0.1, -0.05) is 24.3 Å². The predicted octanol–water partition coefficient (Wildman–Crippen LogP) is 2.74. The molecule has 4 rings (SSSR count). The monoisotopic (exact) mass is 379 g/mol. The Morgan fingerprint density at radius 3 is 2.89 bits per heavy atom. The highest BCUT2D eigenvalue weighted by Gasteiger charge is 2.32. The summed E-state index contributed by atoms with van der Waals surface area (Å²) in [6.07, 6.45) is 5.96. The van der Waals surface area contributed by atoms with Crippen molar-refractivity contribution in [1.29, 1.82) is 0 Å². The molecule has 1 aromatic carbocycles. The lowest BCUT2D eigenvalue weighted by atomic mass is 9.98. The number of carbonyl (C=O) groups is 2. The van der Waals surface area contributed by atoms with Crippen LogP contribution in [0.3, 0.4) is 0 Å². The van der Waals surface area contributed by atoms with E-state index < -0.39 is 0 Å². The van der Waals surface area contributed by atoms with Gasteiger partial charge in [0.1, 0.15) is 6.61 Å². The van der Waals surface area contributed by atoms with Gasteiger partial charge >= 0.3 is 0 Å². The Morgan fingerprint density at radius 2 is 2.11 bits per heavy atom. The van der Waals surface area contributed by atoms with E-state index >= 15 is 0 Å². The van der Waals surface area contributed by atoms with E-state index in [1.54, 1.807) is 12.4 Å². The number of amides is 2. The van der Waals surface area contributed by atoms with E-state index in [-0.39, 0.29) is 24.3 Å². The summed E-state index contributed by atoms with van der Waals surface area (Å²) in [6, 6.07) is 11.8. The van der Waals surface area contributed by atoms with Gasteiger partial charge in [0.05, 0.1) is 6.61 Å². The van der Waals surface area contributed by atoms with Gasteiger partial charge in [-0.25, -0.2) is 0 Å². The van der Waals surface area contributed by atoms with Crippen molar-refractivity contribution in [3.8, 4) is 0 Å². The molecule has 2 amide bonds. The molecule has 2 aliphatic rings. The zero-order valence-corrected chi connectivity index (χ0v) is 15.9. The molecule has 2 aliphatic heterocycles. The molecule has 2 aromatic rings. The lowest BCUT2D eigenvalue weighted by molar-refractivity contribution is -0.128. The number of hydrogen-bond donors (Lipinski definition) is 0. The fourth-order valence-corrected chi connectivity index (χ4v) is 4.05. The highest BCUT2D eigenvalue weighted by Crippen LogP contribution is 2.38. The standard InChI is InChI=1S/C22H25N3O3/c26-21-8-4-11-24(21)12-9-18-14-25(20-7-2-1-6-19(18)20)22(27)16-28-15-17-5-3-10-23-13-17/h1-3,5-7,10,13,18H,4,8-9,11-12,14-16H2/t18-/m0/s1. The predicted molar refractivity (Wildman–Crippen MR) is 106 cm³/mol. The Labute approximate surface area is 165 Å². The van der Waals surface area contributed by atoms with E-state index in [0.29, 0.717) is 19.6 Å². The molecule has 0 saturated carbocycles. The first-order valence-corrected chi connectivity index (χ1v) is 9.86. The van der Waals surface area contributed by atoms with Crippen LogP contribution in [0.2, 0.25) is 0 Å². The van der Waals surface area contributed by atoms with Crippen LogP contribution in [0.1, 0.15) is 36.3 Å². The van der Waals surface area contributed by atoms with E-state index in [2.05, 4.69) is 11.1 Å². The molecule has 0 unspecified atom stereocenters. The summed E-state index contributed by atoms with van der Waals surface area (Å²) >= 11 is 0. The lowest BCUT2D eigenvalue weighted by Gasteiger charge is -2.20. The quantitative estimate of drug-likeness (QED) is 0.742. The van der Waals surface area contributed by atoms with Crippen molar-refractivity contribution in [3.05, 3.63) is 59.9 Å². The molecule has 1 aromatic heterocycles. The first-order valence-electron chi connectivity index (χ1n) is 9.86. The molecule has 0 aliphatic carbocycles. The number of para-hydroxylation sites is 1. The second-order valence-corrected chi connectivity index (χ2v) is 7.39. The number of fused-ring (bicyclic) bond motifs is 1. The average molecular weight is 379 g/mol. The Kier molecular flexibility index (Phi) is 5.67. The van der Waals surface area contributed by atoms with Crippen LogP contribution >= 0.6 is 0 Å². The van der Waals surface area contributed by atoms with Gasteiger partial charge in [0.15, 0.2) is 0 Å². The third-order valence-electron chi connectivity index (χ3n) is 5.51. The number of hydrogen-bond acceptors (Lipinski definition) is 4. The summed E-state index contributed by atoms with van der Waals surface area (Å²) in [5, 5.41) is 0. The normalized spacial score (nSPS) is 18.6. The highest BCUT2D eigenvalue weighted by molar-refractivity contribution is 5.96. The fraction of sp³-hybridized carbons (Fsp3) is 0.409. The summed E-state index contributed by atoms with van der Waals surface area (Å²) in [5.41, 5.74) is 3.11. The largest absolute Gasteiger partial charge is 0.367 e. The zero-order chi connectivity index (χ0) is 19.3. The molecule has 0 spiro atoms. The van der Waals surface area contributed by atoms with E-state index in [1.165, 1.54) is 5.56 Å². The van der Waals surface area contributed by atoms with Crippen LogP contribution in [0.15, 0.2) is 48.8 Å². The smallest absolute Gasteiger partial charge is 0.253 e. The molecule has 0 bridgehead atoms. The van der Waals surface area contributed by atoms with Gasteiger partial charge in [-0.15, -0.1) is 0 Å². The Hall–Kier alpha value is -2.73. The van der Waals surface area contributed by atoms with Crippen molar-refractivity contribution in [2.75, 3.05) is 31.1 Å². The zero-order valence-electron chi connectivity index (χ0n) is 15.9. The molecular formula is C22H25N3O3. The van der Waals surface area contributed by atoms with Crippen molar-refractivity contribution >= 4 is 17.5 Å². The van der Waals surface area contributed by atoms with E-state index in [0.717, 1.165) is 37.2 Å². The van der Waals surface area contributed by atoms with Gasteiger partial charge in [-0.05, 0) is 36.1 Å². The van der Waals surface area contributed by atoms with Crippen LogP contribution in [0.4, 0.5) is 5.69 Å². The molecule has 0 N–H and O–H groups in total. The lowest BCUT2D eigenvalue weighted by Crippen LogP contribution is -2.34. The molecule has 28 heavy (non-hydrogen) atoms. The molecular weight excluding hydrogens is 354 g/mol. The summed E-state index contributed by atoms with van der Waals surface area (Å²) in [4.78, 5) is 32.5. The second-order valence-electron chi connectivity index (χ2n) is 7.39. The first-order chi connectivity index (χ1) is 13.7. The van der Waals surface area contributed by atoms with Gasteiger partial charge in [-0.2, -0.15) is 0 Å². The molecule has 6 nitrogen and oxygen atoms in total. The molecule has 3 heterocycles. The molecule has 0 radical (unpaired) electrons. The Balaban J connectivity index is 1.36. The second kappa shape index (κ2) is 8.52. The van der Waals surface area contributed by atoms with Crippen molar-refractivity contribution in [1.82, 2.24) is 9.88 Å². The number of benzene rings is 1. The third kappa shape index (κ3) is 4.07. The highest BCUT2D eigenvalue weighted by atomic mass is 16.5. The number of carbonyl (C=O) groups excluding carboxylic acids is 2. The maximum atomic E-state index is 12.8. The van der Waals surface area contributed by atoms with Crippen LogP contribution in [-0.2, 0) is 20.9 Å². The summed E-state index contributed by atoms with van der Waals surface area (Å²) in [6.45, 7) is 2.68. The average Bonchev–Trinajstić information content (AvgIpc) is 3.30. The van der Waals surface area contributed by atoms with Crippen molar-refractivity contribution < 1.29 is 14.3 Å². The number of nitrogens with zero attached hydrogens (tertiary/aromatic N) is 3. The molecule has 1 fully saturated rings. The van der Waals surface area contributed by atoms with Crippen LogP contribution in [0, 0.1) is 0 Å². The van der Waals surface area contributed by atoms with Crippen LogP contribution in [0.25, 0.3) is 0 Å². The molecule has 1 saturated heterocycles. The summed E-state index contributed by atoms with van der Waals surface area (Å²) in [7, 11) is 0. The number of ether oxygens (including phenoxy) is 1. The van der Waals surface area contributed by atoms with Crippen LogP contribution < -0.4 is 4.90 Å². The summed E-state index contributed by atoms with van der Waals surface area (Å²) in [5.74, 6) is 0.478. The minimum atomic E-state index is -0.0314. The van der Waals surface area contributed by atoms with Crippen LogP contribution in [-0.4, -0.2) is 47.9 Å². The minimum Gasteiger partial charge on any atom is -0.367 e. The van der Waals surface area contributed by atoms with Crippen molar-refractivity contribution in [3.63, 3.8) is 0 Å². The maximum absolute atomic E-state index is 12.8. The summed E-state index contributed by atoms with van der Waals surface area (Å²) < 4.78 is 5.62. The number of pyridine rings is 1. The maximum Gasteiger partial charge on any atom is 0.253 e. The van der Waals surface area contributed by atoms with Gasteiger partial charge in [0.25, 0.3) is 5.91 Å². The minimum absolute atomic E-state index is 0.0314. The van der Waals surface area contributed by atoms with Gasteiger partial charge in [0, 0.05) is 50.1 Å². The number of likely N-dealkylation sites (tertiary alicyclic amines) is 1. The first kappa shape index (κ1) is 18.6. The van der Waals surface area contributed by atoms with E-state index in [4.69, 9.17) is 4.74 Å². The number of rotatable bonds is 7. The topological polar surface area (TPSA) is 62.7 Å². The van der Waals surface area contributed by atoms with E-state index in [9.17, 15) is 9.59 Å². The molecule has 6 heteroatoms. The third-order valence-corrected chi connectivity index (χ3v) is 5.51. The molecule has 1 atom stereocenters. The van der Waals surface area contributed by atoms with Gasteiger partial charge in [-0.3, -0.25) is 14.6 Å². The molecule has 146 valence electrons. The van der Waals surface area contributed by atoms with Gasteiger partial charge < -0.3 is 14.5 Å².